The largest absolute Gasteiger partial charge is 0.494 e. The van der Waals surface area contributed by atoms with Crippen LogP contribution in [0.2, 0.25) is 0 Å². The maximum absolute atomic E-state index is 12.3. The predicted molar refractivity (Wildman–Crippen MR) is 103 cm³/mol. The van der Waals surface area contributed by atoms with E-state index in [4.69, 9.17) is 9.47 Å². The maximum Gasteiger partial charge on any atom is 0.260 e. The Bertz CT molecular complexity index is 741. The van der Waals surface area contributed by atoms with E-state index in [1.165, 1.54) is 11.3 Å². The highest BCUT2D eigenvalue weighted by atomic mass is 32.1. The molecule has 1 saturated heterocycles. The maximum atomic E-state index is 12.3. The summed E-state index contributed by atoms with van der Waals surface area (Å²) in [5, 5.41) is 5.26. The Morgan fingerprint density at radius 3 is 2.44 bits per heavy atom. The highest BCUT2D eigenvalue weighted by Gasteiger charge is 2.27. The minimum atomic E-state index is -0.0926. The van der Waals surface area contributed by atoms with Gasteiger partial charge < -0.3 is 19.7 Å². The number of carbonyl (C=O) groups is 2. The first-order valence-corrected chi connectivity index (χ1v) is 9.87. The normalized spacial score (nSPS) is 14.6. The number of ether oxygens (including phenoxy) is 2. The van der Waals surface area contributed by atoms with E-state index < -0.39 is 0 Å². The number of hydrogen-bond acceptors (Lipinski definition) is 6. The number of piperidine rings is 1. The minimum absolute atomic E-state index is 0.00996. The summed E-state index contributed by atoms with van der Waals surface area (Å²) < 4.78 is 10.9. The molecule has 1 aliphatic heterocycles. The zero-order valence-corrected chi connectivity index (χ0v) is 16.0. The zero-order chi connectivity index (χ0) is 19.1. The molecule has 144 valence electrons. The number of hydrogen-bond donors (Lipinski definition) is 1. The van der Waals surface area contributed by atoms with Gasteiger partial charge in [-0.1, -0.05) is 0 Å². The molecule has 1 fully saturated rings. The van der Waals surface area contributed by atoms with Crippen LogP contribution in [-0.4, -0.2) is 48.0 Å². The summed E-state index contributed by atoms with van der Waals surface area (Å²) >= 11 is 1.40. The molecule has 3 rings (SSSR count). The summed E-state index contributed by atoms with van der Waals surface area (Å²) in [4.78, 5) is 30.4. The fourth-order valence-corrected chi connectivity index (χ4v) is 3.45. The molecule has 2 heterocycles. The third-order valence-corrected chi connectivity index (χ3v) is 5.07. The van der Waals surface area contributed by atoms with Crippen LogP contribution < -0.4 is 14.8 Å². The van der Waals surface area contributed by atoms with Gasteiger partial charge in [0.15, 0.2) is 11.7 Å². The molecule has 7 nitrogen and oxygen atoms in total. The van der Waals surface area contributed by atoms with Crippen LogP contribution in [0.15, 0.2) is 35.8 Å². The summed E-state index contributed by atoms with van der Waals surface area (Å²) in [6.45, 7) is 3.64. The van der Waals surface area contributed by atoms with E-state index >= 15 is 0 Å². The number of nitrogens with zero attached hydrogens (tertiary/aromatic N) is 2. The van der Waals surface area contributed by atoms with E-state index in [1.54, 1.807) is 23.2 Å². The Hall–Kier alpha value is -2.61. The number of rotatable bonds is 7. The fraction of sp³-hybridized carbons (Fsp3) is 0.421. The van der Waals surface area contributed by atoms with Crippen molar-refractivity contribution in [3.8, 4) is 11.5 Å². The number of nitrogens with one attached hydrogen (secondary N) is 1. The second kappa shape index (κ2) is 9.36. The first-order valence-electron chi connectivity index (χ1n) is 8.99. The Kier molecular flexibility index (Phi) is 6.64. The smallest absolute Gasteiger partial charge is 0.260 e. The Morgan fingerprint density at radius 2 is 1.85 bits per heavy atom. The van der Waals surface area contributed by atoms with Gasteiger partial charge in [0.05, 0.1) is 6.61 Å². The van der Waals surface area contributed by atoms with E-state index in [0.29, 0.717) is 43.4 Å². The van der Waals surface area contributed by atoms with Crippen LogP contribution in [0.3, 0.4) is 0 Å². The molecule has 0 bridgehead atoms. The molecule has 0 atom stereocenters. The van der Waals surface area contributed by atoms with E-state index in [2.05, 4.69) is 10.3 Å². The standard InChI is InChI=1S/C19H23N3O4S/c1-2-25-15-3-5-16(6-4-15)26-13-17(23)22-10-7-14(8-11-22)18(24)21-19-20-9-12-27-19/h3-6,9,12,14H,2,7-8,10-11,13H2,1H3,(H,20,21,24). The van der Waals surface area contributed by atoms with Crippen LogP contribution in [0.4, 0.5) is 5.13 Å². The van der Waals surface area contributed by atoms with Crippen LogP contribution in [0.25, 0.3) is 0 Å². The molecule has 1 N–H and O–H groups in total. The molecule has 2 aromatic rings. The lowest BCUT2D eigenvalue weighted by Gasteiger charge is -2.31. The molecule has 0 spiro atoms. The highest BCUT2D eigenvalue weighted by molar-refractivity contribution is 7.13. The van der Waals surface area contributed by atoms with Gasteiger partial charge in [-0.05, 0) is 44.0 Å². The molecule has 0 aliphatic carbocycles. The quantitative estimate of drug-likeness (QED) is 0.788. The number of benzene rings is 1. The van der Waals surface area contributed by atoms with Gasteiger partial charge in [-0.2, -0.15) is 0 Å². The molecular formula is C19H23N3O4S. The molecule has 1 aromatic carbocycles. The lowest BCUT2D eigenvalue weighted by molar-refractivity contribution is -0.136. The first kappa shape index (κ1) is 19.2. The SMILES string of the molecule is CCOc1ccc(OCC(=O)N2CCC(C(=O)Nc3nccs3)CC2)cc1. The topological polar surface area (TPSA) is 80.8 Å². The van der Waals surface area contributed by atoms with Crippen molar-refractivity contribution >= 4 is 28.3 Å². The van der Waals surface area contributed by atoms with Crippen molar-refractivity contribution in [1.29, 1.82) is 0 Å². The van der Waals surface area contributed by atoms with E-state index in [1.807, 2.05) is 24.4 Å². The van der Waals surface area contributed by atoms with Crippen molar-refractivity contribution in [3.63, 3.8) is 0 Å². The summed E-state index contributed by atoms with van der Waals surface area (Å²) in [7, 11) is 0. The van der Waals surface area contributed by atoms with Gasteiger partial charge in [0, 0.05) is 30.6 Å². The summed E-state index contributed by atoms with van der Waals surface area (Å²) in [5.41, 5.74) is 0. The molecule has 27 heavy (non-hydrogen) atoms. The lowest BCUT2D eigenvalue weighted by Crippen LogP contribution is -2.43. The third kappa shape index (κ3) is 5.43. The molecule has 0 unspecified atom stereocenters. The van der Waals surface area contributed by atoms with Crippen molar-refractivity contribution in [2.24, 2.45) is 5.92 Å². The zero-order valence-electron chi connectivity index (χ0n) is 15.2. The average Bonchev–Trinajstić information content (AvgIpc) is 3.20. The molecule has 0 saturated carbocycles. The second-order valence-corrected chi connectivity index (χ2v) is 7.07. The monoisotopic (exact) mass is 389 g/mol. The van der Waals surface area contributed by atoms with Crippen LogP contribution in [0.5, 0.6) is 11.5 Å². The highest BCUT2D eigenvalue weighted by Crippen LogP contribution is 2.21. The van der Waals surface area contributed by atoms with Crippen LogP contribution in [0.1, 0.15) is 19.8 Å². The van der Waals surface area contributed by atoms with Crippen LogP contribution >= 0.6 is 11.3 Å². The third-order valence-electron chi connectivity index (χ3n) is 4.38. The van der Waals surface area contributed by atoms with Crippen molar-refractivity contribution in [2.75, 3.05) is 31.6 Å². The van der Waals surface area contributed by atoms with Crippen molar-refractivity contribution in [2.45, 2.75) is 19.8 Å². The van der Waals surface area contributed by atoms with Gasteiger partial charge in [-0.25, -0.2) is 4.98 Å². The van der Waals surface area contributed by atoms with Gasteiger partial charge in [-0.15, -0.1) is 11.3 Å². The summed E-state index contributed by atoms with van der Waals surface area (Å²) in [5.74, 6) is 1.22. The predicted octanol–water partition coefficient (Wildman–Crippen LogP) is 2.80. The van der Waals surface area contributed by atoms with Crippen molar-refractivity contribution < 1.29 is 19.1 Å². The average molecular weight is 389 g/mol. The number of aromatic nitrogens is 1. The lowest BCUT2D eigenvalue weighted by atomic mass is 9.96. The van der Waals surface area contributed by atoms with Gasteiger partial charge >= 0.3 is 0 Å². The molecular weight excluding hydrogens is 366 g/mol. The number of anilines is 1. The molecule has 8 heteroatoms. The van der Waals surface area contributed by atoms with Crippen molar-refractivity contribution in [3.05, 3.63) is 35.8 Å². The fourth-order valence-electron chi connectivity index (χ4n) is 2.92. The van der Waals surface area contributed by atoms with E-state index in [-0.39, 0.29) is 24.3 Å². The van der Waals surface area contributed by atoms with Gasteiger partial charge in [-0.3, -0.25) is 9.59 Å². The van der Waals surface area contributed by atoms with E-state index in [9.17, 15) is 9.59 Å². The van der Waals surface area contributed by atoms with Crippen LogP contribution in [0, 0.1) is 5.92 Å². The number of amides is 2. The Morgan fingerprint density at radius 1 is 1.19 bits per heavy atom. The minimum Gasteiger partial charge on any atom is -0.494 e. The molecule has 1 aromatic heterocycles. The van der Waals surface area contributed by atoms with Gasteiger partial charge in [0.1, 0.15) is 11.5 Å². The second-order valence-electron chi connectivity index (χ2n) is 6.17. The van der Waals surface area contributed by atoms with Gasteiger partial charge in [0.25, 0.3) is 5.91 Å². The van der Waals surface area contributed by atoms with E-state index in [0.717, 1.165) is 5.75 Å². The number of thiazole rings is 1. The first-order chi connectivity index (χ1) is 13.2. The summed E-state index contributed by atoms with van der Waals surface area (Å²) in [6, 6.07) is 7.20. The Labute approximate surface area is 162 Å². The molecule has 1 aliphatic rings. The van der Waals surface area contributed by atoms with Crippen LogP contribution in [-0.2, 0) is 9.59 Å². The number of likely N-dealkylation sites (tertiary alicyclic amines) is 1. The molecule has 2 amide bonds. The van der Waals surface area contributed by atoms with Gasteiger partial charge in [0.2, 0.25) is 5.91 Å². The molecule has 0 radical (unpaired) electrons. The number of carbonyl (C=O) groups excluding carboxylic acids is 2. The Balaban J connectivity index is 1.41. The van der Waals surface area contributed by atoms with Crippen molar-refractivity contribution in [1.82, 2.24) is 9.88 Å². The summed E-state index contributed by atoms with van der Waals surface area (Å²) in [6.07, 6.45) is 2.95.